The second-order valence-corrected chi connectivity index (χ2v) is 6.93. The number of ether oxygens (including phenoxy) is 1. The summed E-state index contributed by atoms with van der Waals surface area (Å²) in [5.74, 6) is -3.46. The molecule has 1 heterocycles. The first-order valence-corrected chi connectivity index (χ1v) is 8.45. The van der Waals surface area contributed by atoms with Gasteiger partial charge in [-0.25, -0.2) is 13.2 Å². The molecule has 144 valence electrons. The number of benzene rings is 2. The number of rotatable bonds is 4. The highest BCUT2D eigenvalue weighted by atomic mass is 35.5. The summed E-state index contributed by atoms with van der Waals surface area (Å²) in [6.07, 6.45) is 0. The molecule has 3 rings (SSSR count). The standard InChI is InChI=1S/C19H14ClF3N4O/c1-19(2,28-16-14(22)7-11(21)8-15(16)23)18-26-25-17(27(18)3)12-5-4-10(9-24)6-13(12)20/h4-8H,1-3H3. The predicted molar refractivity (Wildman–Crippen MR) is 96.1 cm³/mol. The Bertz CT molecular complexity index is 1080. The van der Waals surface area contributed by atoms with E-state index in [2.05, 4.69) is 10.2 Å². The van der Waals surface area contributed by atoms with Crippen molar-refractivity contribution in [1.29, 1.82) is 5.26 Å². The molecule has 0 fully saturated rings. The molecule has 1 aromatic heterocycles. The van der Waals surface area contributed by atoms with Crippen molar-refractivity contribution in [3.63, 3.8) is 0 Å². The van der Waals surface area contributed by atoms with Crippen LogP contribution in [-0.4, -0.2) is 14.8 Å². The molecule has 5 nitrogen and oxygen atoms in total. The molecule has 0 amide bonds. The third kappa shape index (κ3) is 3.53. The molecule has 0 atom stereocenters. The van der Waals surface area contributed by atoms with E-state index in [1.807, 2.05) is 6.07 Å². The first-order chi connectivity index (χ1) is 13.1. The maximum atomic E-state index is 14.0. The van der Waals surface area contributed by atoms with E-state index in [9.17, 15) is 13.2 Å². The average Bonchev–Trinajstić information content (AvgIpc) is 3.00. The summed E-state index contributed by atoms with van der Waals surface area (Å²) in [6.45, 7) is 3.09. The van der Waals surface area contributed by atoms with Gasteiger partial charge >= 0.3 is 0 Å². The van der Waals surface area contributed by atoms with E-state index >= 15 is 0 Å². The van der Waals surface area contributed by atoms with Crippen LogP contribution in [0.2, 0.25) is 5.02 Å². The number of nitriles is 1. The molecule has 0 aliphatic rings. The second-order valence-electron chi connectivity index (χ2n) is 6.52. The maximum absolute atomic E-state index is 14.0. The fraction of sp³-hybridized carbons (Fsp3) is 0.211. The SMILES string of the molecule is Cn1c(-c2ccc(C#N)cc2Cl)nnc1C(C)(C)Oc1c(F)cc(F)cc1F. The van der Waals surface area contributed by atoms with Crippen LogP contribution in [0.4, 0.5) is 13.2 Å². The van der Waals surface area contributed by atoms with E-state index in [0.29, 0.717) is 34.1 Å². The Balaban J connectivity index is 2.00. The van der Waals surface area contributed by atoms with Crippen molar-refractivity contribution in [3.8, 4) is 23.2 Å². The highest BCUT2D eigenvalue weighted by Crippen LogP contribution is 2.34. The van der Waals surface area contributed by atoms with Crippen molar-refractivity contribution < 1.29 is 17.9 Å². The first-order valence-electron chi connectivity index (χ1n) is 8.07. The van der Waals surface area contributed by atoms with Gasteiger partial charge in [-0.1, -0.05) is 11.6 Å². The van der Waals surface area contributed by atoms with Crippen molar-refractivity contribution in [2.24, 2.45) is 7.05 Å². The molecule has 0 radical (unpaired) electrons. The van der Waals surface area contributed by atoms with Gasteiger partial charge in [0.25, 0.3) is 0 Å². The second kappa shape index (κ2) is 7.17. The van der Waals surface area contributed by atoms with Gasteiger partial charge in [-0.05, 0) is 32.0 Å². The van der Waals surface area contributed by atoms with Crippen LogP contribution >= 0.6 is 11.6 Å². The fourth-order valence-corrected chi connectivity index (χ4v) is 3.05. The Morgan fingerprint density at radius 2 is 1.75 bits per heavy atom. The zero-order chi connectivity index (χ0) is 20.6. The molecule has 0 bridgehead atoms. The fourth-order valence-electron chi connectivity index (χ4n) is 2.78. The van der Waals surface area contributed by atoms with Crippen molar-refractivity contribution >= 4 is 11.6 Å². The Labute approximate surface area is 164 Å². The lowest BCUT2D eigenvalue weighted by Crippen LogP contribution is -2.30. The molecule has 0 aliphatic carbocycles. The zero-order valence-electron chi connectivity index (χ0n) is 15.1. The molecular formula is C19H14ClF3N4O. The monoisotopic (exact) mass is 406 g/mol. The molecule has 3 aromatic rings. The van der Waals surface area contributed by atoms with E-state index in [4.69, 9.17) is 21.6 Å². The molecule has 28 heavy (non-hydrogen) atoms. The van der Waals surface area contributed by atoms with Crippen LogP contribution in [-0.2, 0) is 12.6 Å². The molecule has 0 saturated heterocycles. The van der Waals surface area contributed by atoms with Gasteiger partial charge in [-0.3, -0.25) is 0 Å². The summed E-state index contributed by atoms with van der Waals surface area (Å²) < 4.78 is 48.1. The average molecular weight is 407 g/mol. The van der Waals surface area contributed by atoms with E-state index in [1.165, 1.54) is 6.07 Å². The molecule has 0 saturated carbocycles. The largest absolute Gasteiger partial charge is 0.474 e. The van der Waals surface area contributed by atoms with Crippen LogP contribution in [0.15, 0.2) is 30.3 Å². The molecule has 0 spiro atoms. The van der Waals surface area contributed by atoms with Gasteiger partial charge in [0.15, 0.2) is 34.6 Å². The number of halogens is 4. The van der Waals surface area contributed by atoms with Gasteiger partial charge in [0.05, 0.1) is 16.7 Å². The Hall–Kier alpha value is -3.05. The van der Waals surface area contributed by atoms with Crippen LogP contribution in [0.25, 0.3) is 11.4 Å². The Morgan fingerprint density at radius 3 is 2.32 bits per heavy atom. The number of aromatic nitrogens is 3. The normalized spacial score (nSPS) is 11.4. The third-order valence-electron chi connectivity index (χ3n) is 4.07. The van der Waals surface area contributed by atoms with E-state index in [0.717, 1.165) is 0 Å². The third-order valence-corrected chi connectivity index (χ3v) is 4.39. The highest BCUT2D eigenvalue weighted by Gasteiger charge is 2.32. The summed E-state index contributed by atoms with van der Waals surface area (Å²) in [6, 6.07) is 7.76. The van der Waals surface area contributed by atoms with Crippen molar-refractivity contribution in [2.75, 3.05) is 0 Å². The van der Waals surface area contributed by atoms with E-state index in [1.54, 1.807) is 37.6 Å². The molecule has 0 aliphatic heterocycles. The van der Waals surface area contributed by atoms with Gasteiger partial charge in [-0.2, -0.15) is 5.26 Å². The lowest BCUT2D eigenvalue weighted by molar-refractivity contribution is 0.0833. The van der Waals surface area contributed by atoms with Crippen LogP contribution in [0.1, 0.15) is 25.2 Å². The smallest absolute Gasteiger partial charge is 0.192 e. The molecule has 9 heteroatoms. The summed E-state index contributed by atoms with van der Waals surface area (Å²) in [5, 5.41) is 17.4. The van der Waals surface area contributed by atoms with Crippen LogP contribution < -0.4 is 4.74 Å². The van der Waals surface area contributed by atoms with E-state index in [-0.39, 0.29) is 5.82 Å². The lowest BCUT2D eigenvalue weighted by Gasteiger charge is -2.26. The minimum Gasteiger partial charge on any atom is -0.474 e. The first kappa shape index (κ1) is 19.7. The van der Waals surface area contributed by atoms with Crippen LogP contribution in [0.3, 0.4) is 0 Å². The van der Waals surface area contributed by atoms with Crippen molar-refractivity contribution in [3.05, 3.63) is 64.2 Å². The lowest BCUT2D eigenvalue weighted by atomic mass is 10.1. The summed E-state index contributed by atoms with van der Waals surface area (Å²) >= 11 is 6.23. The topological polar surface area (TPSA) is 63.7 Å². The minimum absolute atomic E-state index is 0.256. The van der Waals surface area contributed by atoms with Crippen LogP contribution in [0.5, 0.6) is 5.75 Å². The summed E-state index contributed by atoms with van der Waals surface area (Å²) in [4.78, 5) is 0. The summed E-state index contributed by atoms with van der Waals surface area (Å²) in [7, 11) is 1.64. The van der Waals surface area contributed by atoms with Gasteiger partial charge in [0.2, 0.25) is 0 Å². The highest BCUT2D eigenvalue weighted by molar-refractivity contribution is 6.33. The molecule has 0 N–H and O–H groups in total. The van der Waals surface area contributed by atoms with Crippen molar-refractivity contribution in [2.45, 2.75) is 19.4 Å². The molecule has 0 unspecified atom stereocenters. The van der Waals surface area contributed by atoms with Crippen molar-refractivity contribution in [1.82, 2.24) is 14.8 Å². The maximum Gasteiger partial charge on any atom is 0.192 e. The quantitative estimate of drug-likeness (QED) is 0.628. The molecule has 2 aromatic carbocycles. The summed E-state index contributed by atoms with van der Waals surface area (Å²) in [5.41, 5.74) is -0.391. The Kier molecular flexibility index (Phi) is 5.04. The van der Waals surface area contributed by atoms with Gasteiger partial charge in [0, 0.05) is 24.7 Å². The molecular weight excluding hydrogens is 393 g/mol. The van der Waals surface area contributed by atoms with E-state index < -0.39 is 28.8 Å². The minimum atomic E-state index is -1.31. The Morgan fingerprint density at radius 1 is 1.11 bits per heavy atom. The number of nitrogens with zero attached hydrogens (tertiary/aromatic N) is 4. The predicted octanol–water partition coefficient (Wildman–Crippen LogP) is 4.74. The number of hydrogen-bond donors (Lipinski definition) is 0. The zero-order valence-corrected chi connectivity index (χ0v) is 15.9. The van der Waals surface area contributed by atoms with Gasteiger partial charge in [0.1, 0.15) is 5.82 Å². The van der Waals surface area contributed by atoms with Gasteiger partial charge in [-0.15, -0.1) is 10.2 Å². The van der Waals surface area contributed by atoms with Crippen LogP contribution in [0, 0.1) is 28.8 Å². The van der Waals surface area contributed by atoms with Gasteiger partial charge < -0.3 is 9.30 Å². The number of hydrogen-bond acceptors (Lipinski definition) is 4.